The minimum atomic E-state index is -4.57. The Kier molecular flexibility index (Phi) is 6.96. The fourth-order valence-electron chi connectivity index (χ4n) is 5.97. The highest BCUT2D eigenvalue weighted by Gasteiger charge is 2.49. The van der Waals surface area contributed by atoms with Crippen molar-refractivity contribution in [3.8, 4) is 10.4 Å². The van der Waals surface area contributed by atoms with Crippen molar-refractivity contribution in [3.05, 3.63) is 28.5 Å². The molecule has 2 saturated heterocycles. The summed E-state index contributed by atoms with van der Waals surface area (Å²) in [6.07, 6.45) is -2.17. The lowest BCUT2D eigenvalue weighted by Crippen LogP contribution is -2.50. The third-order valence-corrected chi connectivity index (χ3v) is 9.52. The first-order valence-electron chi connectivity index (χ1n) is 13.5. The van der Waals surface area contributed by atoms with E-state index in [-0.39, 0.29) is 39.0 Å². The summed E-state index contributed by atoms with van der Waals surface area (Å²) in [6, 6.07) is -1.48. The number of anilines is 1. The van der Waals surface area contributed by atoms with Gasteiger partial charge in [0, 0.05) is 29.4 Å². The number of alkyl halides is 5. The number of halogens is 5. The molecule has 40 heavy (non-hydrogen) atoms. The van der Waals surface area contributed by atoms with Crippen LogP contribution < -0.4 is 10.6 Å². The van der Waals surface area contributed by atoms with Crippen molar-refractivity contribution in [3.63, 3.8) is 0 Å². The number of thiazole rings is 1. The summed E-state index contributed by atoms with van der Waals surface area (Å²) in [5.74, 6) is -2.10. The molecule has 0 spiro atoms. The predicted molar refractivity (Wildman–Crippen MR) is 135 cm³/mol. The highest BCUT2D eigenvalue weighted by molar-refractivity contribution is 7.17. The van der Waals surface area contributed by atoms with Gasteiger partial charge in [-0.05, 0) is 63.4 Å². The molecule has 4 aliphatic rings. The molecule has 6 rings (SSSR count). The second-order valence-electron chi connectivity index (χ2n) is 11.1. The molecule has 0 radical (unpaired) electrons. The van der Waals surface area contributed by atoms with E-state index in [1.54, 1.807) is 4.90 Å². The number of carbonyl (C=O) groups excluding carboxylic acids is 2. The van der Waals surface area contributed by atoms with Gasteiger partial charge in [-0.15, -0.1) is 11.3 Å². The Morgan fingerprint density at radius 3 is 2.25 bits per heavy atom. The van der Waals surface area contributed by atoms with Gasteiger partial charge >= 0.3 is 6.18 Å². The molecule has 4 fully saturated rings. The third-order valence-electron chi connectivity index (χ3n) is 8.43. The Bertz CT molecular complexity index is 1300. The number of rotatable bonds is 8. The topological polar surface area (TPSA) is 107 Å². The average Bonchev–Trinajstić information content (AvgIpc) is 3.34. The smallest absolute Gasteiger partial charge is 0.391 e. The van der Waals surface area contributed by atoms with Crippen molar-refractivity contribution in [1.29, 1.82) is 0 Å². The van der Waals surface area contributed by atoms with E-state index < -0.39 is 54.1 Å². The molecule has 8 nitrogen and oxygen atoms in total. The van der Waals surface area contributed by atoms with E-state index in [4.69, 9.17) is 0 Å². The third kappa shape index (κ3) is 5.04. The number of hydrogen-bond acceptors (Lipinski definition) is 7. The number of nitrogens with zero attached hydrogens (tertiary/aromatic N) is 3. The zero-order valence-corrected chi connectivity index (χ0v) is 22.1. The number of nitrogens with one attached hydrogen (secondary N) is 2. The summed E-state index contributed by atoms with van der Waals surface area (Å²) in [7, 11) is 0. The van der Waals surface area contributed by atoms with Gasteiger partial charge in [-0.3, -0.25) is 9.59 Å². The monoisotopic (exact) mass is 585 g/mol. The maximum Gasteiger partial charge on any atom is 0.408 e. The van der Waals surface area contributed by atoms with Crippen LogP contribution in [0.5, 0.6) is 0 Å². The summed E-state index contributed by atoms with van der Waals surface area (Å²) < 4.78 is 69.3. The number of hydrogen-bond donors (Lipinski definition) is 3. The van der Waals surface area contributed by atoms with Crippen LogP contribution in [0.4, 0.5) is 27.8 Å². The van der Waals surface area contributed by atoms with E-state index in [0.717, 1.165) is 49.3 Å². The molecular formula is C26H28F5N5O3S. The van der Waals surface area contributed by atoms with E-state index in [0.29, 0.717) is 25.7 Å². The zero-order chi connectivity index (χ0) is 28.3. The highest BCUT2D eigenvalue weighted by Crippen LogP contribution is 2.44. The minimum absolute atomic E-state index is 0.00967. The van der Waals surface area contributed by atoms with Gasteiger partial charge in [-0.2, -0.15) is 13.2 Å². The first-order chi connectivity index (χ1) is 19.0. The van der Waals surface area contributed by atoms with Gasteiger partial charge in [0.2, 0.25) is 0 Å². The van der Waals surface area contributed by atoms with Crippen molar-refractivity contribution in [2.45, 2.75) is 94.2 Å². The van der Waals surface area contributed by atoms with Crippen LogP contribution in [0.25, 0.3) is 10.4 Å². The summed E-state index contributed by atoms with van der Waals surface area (Å²) >= 11 is 0.753. The molecular weight excluding hydrogens is 557 g/mol. The Morgan fingerprint density at radius 2 is 1.73 bits per heavy atom. The van der Waals surface area contributed by atoms with Crippen molar-refractivity contribution in [1.82, 2.24) is 20.2 Å². The number of aromatic nitrogens is 2. The molecule has 216 valence electrons. The van der Waals surface area contributed by atoms with Crippen LogP contribution in [0.3, 0.4) is 0 Å². The van der Waals surface area contributed by atoms with Gasteiger partial charge in [-0.25, -0.2) is 18.7 Å². The van der Waals surface area contributed by atoms with E-state index in [9.17, 15) is 36.6 Å². The lowest BCUT2D eigenvalue weighted by atomic mass is 9.89. The molecule has 3 atom stereocenters. The maximum atomic E-state index is 14.3. The minimum Gasteiger partial charge on any atom is -0.391 e. The fraction of sp³-hybridized carbons (Fsp3) is 0.615. The SMILES string of the molecule is O=C(N[C@@H]1CC[C@H]1O)c1nc(C(=O)N2[C@H]3CC[C@H]2CC3)c(-c2cnc(N[C@@H](C3CC3)C(F)(F)F)cc2C(F)F)s1. The van der Waals surface area contributed by atoms with Crippen molar-refractivity contribution < 1.29 is 36.6 Å². The van der Waals surface area contributed by atoms with Crippen LogP contribution in [0.15, 0.2) is 12.3 Å². The Labute approximate surface area is 230 Å². The van der Waals surface area contributed by atoms with Crippen LogP contribution in [0.2, 0.25) is 0 Å². The molecule has 2 aliphatic heterocycles. The Hall–Kier alpha value is -2.87. The van der Waals surface area contributed by atoms with Gasteiger partial charge < -0.3 is 20.6 Å². The van der Waals surface area contributed by atoms with Crippen molar-refractivity contribution in [2.24, 2.45) is 5.92 Å². The van der Waals surface area contributed by atoms with Gasteiger partial charge in [0.05, 0.1) is 17.0 Å². The first-order valence-corrected chi connectivity index (χ1v) is 14.3. The second-order valence-corrected chi connectivity index (χ2v) is 12.1. The van der Waals surface area contributed by atoms with Gasteiger partial charge in [0.25, 0.3) is 18.2 Å². The van der Waals surface area contributed by atoms with Crippen molar-refractivity contribution in [2.75, 3.05) is 5.32 Å². The van der Waals surface area contributed by atoms with Crippen LogP contribution in [0.1, 0.15) is 83.6 Å². The summed E-state index contributed by atoms with van der Waals surface area (Å²) in [4.78, 5) is 36.7. The number of aliphatic hydroxyl groups is 1. The van der Waals surface area contributed by atoms with Gasteiger partial charge in [0.1, 0.15) is 17.6 Å². The van der Waals surface area contributed by atoms with Gasteiger partial charge in [0.15, 0.2) is 5.01 Å². The molecule has 2 aromatic heterocycles. The Balaban J connectivity index is 1.37. The summed E-state index contributed by atoms with van der Waals surface area (Å²) in [5.41, 5.74) is -0.929. The van der Waals surface area contributed by atoms with Crippen LogP contribution >= 0.6 is 11.3 Å². The normalized spacial score (nSPS) is 26.6. The lowest BCUT2D eigenvalue weighted by Gasteiger charge is -2.32. The molecule has 4 heterocycles. The lowest BCUT2D eigenvalue weighted by molar-refractivity contribution is -0.146. The molecule has 2 bridgehead atoms. The Morgan fingerprint density at radius 1 is 1.05 bits per heavy atom. The molecule has 2 aromatic rings. The number of pyridine rings is 1. The number of carbonyl (C=O) groups is 2. The maximum absolute atomic E-state index is 14.3. The number of amides is 2. The summed E-state index contributed by atoms with van der Waals surface area (Å²) in [6.45, 7) is 0. The molecule has 3 N–H and O–H groups in total. The van der Waals surface area contributed by atoms with Gasteiger partial charge in [-0.1, -0.05) is 0 Å². The largest absolute Gasteiger partial charge is 0.408 e. The highest BCUT2D eigenvalue weighted by atomic mass is 32.1. The van der Waals surface area contributed by atoms with E-state index in [2.05, 4.69) is 20.6 Å². The average molecular weight is 586 g/mol. The molecule has 14 heteroatoms. The predicted octanol–water partition coefficient (Wildman–Crippen LogP) is 4.92. The standard InChI is InChI=1S/C26H28F5N5O3S/c27-22(28)14-9-18(34-21(11-1-2-11)26(29,30)31)32-10-15(14)20-19(25(39)36-12-3-4-13(36)6-5-12)35-24(40-20)23(38)33-16-7-8-17(16)37/h9-13,16-17,21-22,37H,1-8H2,(H,32,34)(H,33,38)/t12-,13-,16-,17-,21+/m1/s1. The van der Waals surface area contributed by atoms with Crippen molar-refractivity contribution >= 4 is 29.0 Å². The fourth-order valence-corrected chi connectivity index (χ4v) is 6.96. The first kappa shape index (κ1) is 27.3. The summed E-state index contributed by atoms with van der Waals surface area (Å²) in [5, 5.41) is 14.7. The van der Waals surface area contributed by atoms with Crippen LogP contribution in [-0.2, 0) is 0 Å². The van der Waals surface area contributed by atoms with E-state index in [1.165, 1.54) is 0 Å². The van der Waals surface area contributed by atoms with E-state index >= 15 is 0 Å². The quantitative estimate of drug-likeness (QED) is 0.380. The van der Waals surface area contributed by atoms with Crippen LogP contribution in [-0.4, -0.2) is 68.2 Å². The number of fused-ring (bicyclic) bond motifs is 2. The molecule has 0 unspecified atom stereocenters. The molecule has 2 amide bonds. The zero-order valence-electron chi connectivity index (χ0n) is 21.3. The molecule has 0 aromatic carbocycles. The second kappa shape index (κ2) is 10.2. The molecule has 2 aliphatic carbocycles. The number of aliphatic hydroxyl groups excluding tert-OH is 1. The van der Waals surface area contributed by atoms with Crippen LogP contribution in [0, 0.1) is 5.92 Å². The van der Waals surface area contributed by atoms with E-state index in [1.807, 2.05) is 0 Å². The molecule has 2 saturated carbocycles.